The van der Waals surface area contributed by atoms with Gasteiger partial charge in [0.1, 0.15) is 18.2 Å². The van der Waals surface area contributed by atoms with E-state index in [0.717, 1.165) is 5.56 Å². The molecule has 0 radical (unpaired) electrons. The molecule has 0 aromatic heterocycles. The number of aryl methyl sites for hydroxylation is 2. The van der Waals surface area contributed by atoms with Crippen LogP contribution in [-0.2, 0) is 6.61 Å². The third kappa shape index (κ3) is 4.95. The number of carbonyl (C=O) groups is 1. The monoisotopic (exact) mass is 394 g/mol. The van der Waals surface area contributed by atoms with Crippen LogP contribution in [0.3, 0.4) is 0 Å². The molecular formula is C22H19FN2O4. The fourth-order valence-electron chi connectivity index (χ4n) is 2.87. The Kier molecular flexibility index (Phi) is 5.87. The summed E-state index contributed by atoms with van der Waals surface area (Å²) in [4.78, 5) is 22.9. The van der Waals surface area contributed by atoms with E-state index in [1.165, 1.54) is 30.3 Å². The normalized spacial score (nSPS) is 10.4. The predicted molar refractivity (Wildman–Crippen MR) is 108 cm³/mol. The fourth-order valence-corrected chi connectivity index (χ4v) is 2.87. The van der Waals surface area contributed by atoms with E-state index >= 15 is 0 Å². The minimum Gasteiger partial charge on any atom is -0.489 e. The van der Waals surface area contributed by atoms with Crippen molar-refractivity contribution in [2.75, 3.05) is 5.32 Å². The van der Waals surface area contributed by atoms with Gasteiger partial charge in [0, 0.05) is 23.4 Å². The van der Waals surface area contributed by atoms with Gasteiger partial charge in [-0.1, -0.05) is 12.1 Å². The van der Waals surface area contributed by atoms with Crippen molar-refractivity contribution in [1.29, 1.82) is 0 Å². The average Bonchev–Trinajstić information content (AvgIpc) is 2.68. The van der Waals surface area contributed by atoms with Gasteiger partial charge >= 0.3 is 0 Å². The number of nitro groups is 1. The molecule has 0 bridgehead atoms. The molecule has 0 aliphatic heterocycles. The smallest absolute Gasteiger partial charge is 0.269 e. The number of halogens is 1. The van der Waals surface area contributed by atoms with E-state index in [0.29, 0.717) is 28.1 Å². The Labute approximate surface area is 167 Å². The van der Waals surface area contributed by atoms with Gasteiger partial charge in [0.05, 0.1) is 4.92 Å². The molecule has 0 saturated carbocycles. The Morgan fingerprint density at radius 1 is 1.07 bits per heavy atom. The molecule has 29 heavy (non-hydrogen) atoms. The third-order valence-electron chi connectivity index (χ3n) is 4.41. The van der Waals surface area contributed by atoms with Gasteiger partial charge in [0.2, 0.25) is 0 Å². The highest BCUT2D eigenvalue weighted by molar-refractivity contribution is 6.05. The van der Waals surface area contributed by atoms with E-state index in [1.807, 2.05) is 6.92 Å². The lowest BCUT2D eigenvalue weighted by Gasteiger charge is -2.12. The molecule has 0 spiro atoms. The molecule has 3 aromatic rings. The van der Waals surface area contributed by atoms with Gasteiger partial charge in [-0.3, -0.25) is 14.9 Å². The number of anilines is 1. The first-order valence-corrected chi connectivity index (χ1v) is 8.88. The molecule has 7 heteroatoms. The molecule has 0 fully saturated rings. The number of rotatable bonds is 6. The van der Waals surface area contributed by atoms with Crippen molar-refractivity contribution in [1.82, 2.24) is 0 Å². The maximum Gasteiger partial charge on any atom is 0.269 e. The highest BCUT2D eigenvalue weighted by Crippen LogP contribution is 2.24. The molecule has 148 valence electrons. The first kappa shape index (κ1) is 20.0. The topological polar surface area (TPSA) is 81.5 Å². The van der Waals surface area contributed by atoms with Crippen LogP contribution in [0.5, 0.6) is 5.75 Å². The standard InChI is InChI=1S/C22H19FN2O4/c1-14-10-18(25(27)28)6-8-20(14)22(26)24-21-9-7-19(11-15(21)2)29-13-16-4-3-5-17(23)12-16/h3-12H,13H2,1-2H3,(H,24,26). The number of carbonyl (C=O) groups excluding carboxylic acids is 1. The molecule has 0 heterocycles. The van der Waals surface area contributed by atoms with Crippen molar-refractivity contribution in [3.05, 3.63) is 98.8 Å². The van der Waals surface area contributed by atoms with Crippen LogP contribution in [0, 0.1) is 29.8 Å². The zero-order valence-electron chi connectivity index (χ0n) is 15.9. The van der Waals surface area contributed by atoms with E-state index in [1.54, 1.807) is 37.3 Å². The van der Waals surface area contributed by atoms with Gasteiger partial charge in [-0.05, 0) is 66.9 Å². The van der Waals surface area contributed by atoms with Crippen molar-refractivity contribution in [3.8, 4) is 5.75 Å². The Morgan fingerprint density at radius 2 is 1.86 bits per heavy atom. The predicted octanol–water partition coefficient (Wildman–Crippen LogP) is 5.18. The van der Waals surface area contributed by atoms with Crippen molar-refractivity contribution >= 4 is 17.3 Å². The van der Waals surface area contributed by atoms with E-state index in [-0.39, 0.29) is 24.0 Å². The largest absolute Gasteiger partial charge is 0.489 e. The number of hydrogen-bond acceptors (Lipinski definition) is 4. The van der Waals surface area contributed by atoms with E-state index < -0.39 is 4.92 Å². The summed E-state index contributed by atoms with van der Waals surface area (Å²) in [5.41, 5.74) is 2.93. The molecule has 3 aromatic carbocycles. The van der Waals surface area contributed by atoms with E-state index in [9.17, 15) is 19.3 Å². The van der Waals surface area contributed by atoms with Crippen LogP contribution in [-0.4, -0.2) is 10.8 Å². The molecule has 0 unspecified atom stereocenters. The van der Waals surface area contributed by atoms with Gasteiger partial charge in [0.15, 0.2) is 0 Å². The number of nitrogens with zero attached hydrogens (tertiary/aromatic N) is 1. The second-order valence-electron chi connectivity index (χ2n) is 6.61. The summed E-state index contributed by atoms with van der Waals surface area (Å²) in [6.07, 6.45) is 0. The Hall–Kier alpha value is -3.74. The number of amides is 1. The summed E-state index contributed by atoms with van der Waals surface area (Å²) in [5.74, 6) is -0.0768. The fraction of sp³-hybridized carbons (Fsp3) is 0.136. The van der Waals surface area contributed by atoms with Gasteiger partial charge in [-0.15, -0.1) is 0 Å². The number of ether oxygens (including phenoxy) is 1. The third-order valence-corrected chi connectivity index (χ3v) is 4.41. The quantitative estimate of drug-likeness (QED) is 0.461. The Morgan fingerprint density at radius 3 is 2.52 bits per heavy atom. The molecule has 0 saturated heterocycles. The minimum absolute atomic E-state index is 0.0602. The summed E-state index contributed by atoms with van der Waals surface area (Å²) in [7, 11) is 0. The van der Waals surface area contributed by atoms with Crippen molar-refractivity contribution in [2.24, 2.45) is 0 Å². The molecule has 0 atom stereocenters. The highest BCUT2D eigenvalue weighted by Gasteiger charge is 2.14. The lowest BCUT2D eigenvalue weighted by atomic mass is 10.1. The van der Waals surface area contributed by atoms with Crippen LogP contribution in [0.4, 0.5) is 15.8 Å². The van der Waals surface area contributed by atoms with Gasteiger partial charge in [0.25, 0.3) is 11.6 Å². The number of hydrogen-bond donors (Lipinski definition) is 1. The number of non-ortho nitro benzene ring substituents is 1. The Bertz CT molecular complexity index is 1080. The molecule has 3 rings (SSSR count). The second kappa shape index (κ2) is 8.52. The molecular weight excluding hydrogens is 375 g/mol. The zero-order chi connectivity index (χ0) is 21.0. The van der Waals surface area contributed by atoms with Crippen LogP contribution >= 0.6 is 0 Å². The summed E-state index contributed by atoms with van der Waals surface area (Å²) in [5, 5.41) is 13.6. The Balaban J connectivity index is 1.68. The zero-order valence-corrected chi connectivity index (χ0v) is 15.9. The maximum atomic E-state index is 13.2. The van der Waals surface area contributed by atoms with Crippen molar-refractivity contribution in [2.45, 2.75) is 20.5 Å². The van der Waals surface area contributed by atoms with Crippen LogP contribution < -0.4 is 10.1 Å². The van der Waals surface area contributed by atoms with Gasteiger partial charge < -0.3 is 10.1 Å². The number of benzene rings is 3. The first-order chi connectivity index (χ1) is 13.8. The second-order valence-corrected chi connectivity index (χ2v) is 6.61. The lowest BCUT2D eigenvalue weighted by Crippen LogP contribution is -2.14. The van der Waals surface area contributed by atoms with E-state index in [2.05, 4.69) is 5.32 Å². The van der Waals surface area contributed by atoms with Crippen molar-refractivity contribution in [3.63, 3.8) is 0 Å². The molecule has 1 N–H and O–H groups in total. The van der Waals surface area contributed by atoms with Crippen LogP contribution in [0.15, 0.2) is 60.7 Å². The summed E-state index contributed by atoms with van der Waals surface area (Å²) in [6.45, 7) is 3.70. The summed E-state index contributed by atoms with van der Waals surface area (Å²) >= 11 is 0. The number of nitrogens with one attached hydrogen (secondary N) is 1. The van der Waals surface area contributed by atoms with Gasteiger partial charge in [-0.25, -0.2) is 4.39 Å². The maximum absolute atomic E-state index is 13.2. The summed E-state index contributed by atoms with van der Waals surface area (Å²) in [6, 6.07) is 15.5. The van der Waals surface area contributed by atoms with Crippen molar-refractivity contribution < 1.29 is 18.8 Å². The molecule has 6 nitrogen and oxygen atoms in total. The molecule has 1 amide bonds. The lowest BCUT2D eigenvalue weighted by molar-refractivity contribution is -0.384. The average molecular weight is 394 g/mol. The number of nitro benzene ring substituents is 1. The molecule has 0 aliphatic rings. The summed E-state index contributed by atoms with van der Waals surface area (Å²) < 4.78 is 18.9. The first-order valence-electron chi connectivity index (χ1n) is 8.88. The van der Waals surface area contributed by atoms with Gasteiger partial charge in [-0.2, -0.15) is 0 Å². The van der Waals surface area contributed by atoms with Crippen LogP contribution in [0.25, 0.3) is 0 Å². The van der Waals surface area contributed by atoms with Crippen LogP contribution in [0.2, 0.25) is 0 Å². The minimum atomic E-state index is -0.499. The SMILES string of the molecule is Cc1cc(OCc2cccc(F)c2)ccc1NC(=O)c1ccc([N+](=O)[O-])cc1C. The molecule has 0 aliphatic carbocycles. The van der Waals surface area contributed by atoms with E-state index in [4.69, 9.17) is 4.74 Å². The highest BCUT2D eigenvalue weighted by atomic mass is 19.1. The van der Waals surface area contributed by atoms with Crippen LogP contribution in [0.1, 0.15) is 27.0 Å².